The molecule has 0 bridgehead atoms. The first-order chi connectivity index (χ1) is 4.81. The van der Waals surface area contributed by atoms with Gasteiger partial charge >= 0.3 is 0 Å². The zero-order chi connectivity index (χ0) is 8.70. The third-order valence-electron chi connectivity index (χ3n) is 1.80. The Morgan fingerprint density at radius 3 is 2.18 bits per heavy atom. The molecular formula is C8H16O3. The number of hydrogen-bond donors (Lipinski definition) is 1. The molecule has 0 amide bonds. The second kappa shape index (κ2) is 2.44. The minimum absolute atomic E-state index is 0.211. The second-order valence-electron chi connectivity index (χ2n) is 3.97. The van der Waals surface area contributed by atoms with Crippen molar-refractivity contribution in [3.05, 3.63) is 0 Å². The highest BCUT2D eigenvalue weighted by Crippen LogP contribution is 2.28. The molecular weight excluding hydrogens is 144 g/mol. The van der Waals surface area contributed by atoms with Crippen molar-refractivity contribution in [1.29, 1.82) is 0 Å². The van der Waals surface area contributed by atoms with Crippen LogP contribution in [0.1, 0.15) is 27.7 Å². The molecule has 3 nitrogen and oxygen atoms in total. The predicted molar refractivity (Wildman–Crippen MR) is 41.2 cm³/mol. The zero-order valence-corrected chi connectivity index (χ0v) is 7.55. The van der Waals surface area contributed by atoms with Crippen molar-refractivity contribution >= 4 is 0 Å². The Balaban J connectivity index is 2.55. The van der Waals surface area contributed by atoms with Gasteiger partial charge in [-0.25, -0.2) is 0 Å². The standard InChI is InChI=1S/C8H16O3/c1-7(2,9)6-5-10-8(3,4)11-6/h6,9H,5H2,1-4H3. The third-order valence-corrected chi connectivity index (χ3v) is 1.80. The van der Waals surface area contributed by atoms with E-state index in [9.17, 15) is 5.11 Å². The van der Waals surface area contributed by atoms with E-state index in [1.807, 2.05) is 13.8 Å². The van der Waals surface area contributed by atoms with Gasteiger partial charge in [0, 0.05) is 0 Å². The number of rotatable bonds is 1. The number of aliphatic hydroxyl groups is 1. The van der Waals surface area contributed by atoms with Crippen LogP contribution in [0.25, 0.3) is 0 Å². The predicted octanol–water partition coefficient (Wildman–Crippen LogP) is 0.909. The molecule has 1 fully saturated rings. The van der Waals surface area contributed by atoms with Gasteiger partial charge in [-0.2, -0.15) is 0 Å². The average Bonchev–Trinajstić information content (AvgIpc) is 2.07. The van der Waals surface area contributed by atoms with E-state index in [4.69, 9.17) is 9.47 Å². The maximum Gasteiger partial charge on any atom is 0.163 e. The summed E-state index contributed by atoms with van der Waals surface area (Å²) >= 11 is 0. The summed E-state index contributed by atoms with van der Waals surface area (Å²) in [6, 6.07) is 0. The summed E-state index contributed by atoms with van der Waals surface area (Å²) in [5.74, 6) is -0.537. The van der Waals surface area contributed by atoms with Crippen LogP contribution in [0.4, 0.5) is 0 Å². The molecule has 1 saturated heterocycles. The van der Waals surface area contributed by atoms with E-state index >= 15 is 0 Å². The highest BCUT2D eigenvalue weighted by Gasteiger charge is 2.40. The zero-order valence-electron chi connectivity index (χ0n) is 7.55. The van der Waals surface area contributed by atoms with E-state index in [1.54, 1.807) is 13.8 Å². The molecule has 0 aromatic heterocycles. The Morgan fingerprint density at radius 2 is 2.00 bits per heavy atom. The first-order valence-corrected chi connectivity index (χ1v) is 3.85. The van der Waals surface area contributed by atoms with Gasteiger partial charge in [0.15, 0.2) is 5.79 Å². The molecule has 1 aliphatic rings. The van der Waals surface area contributed by atoms with Crippen molar-refractivity contribution in [2.75, 3.05) is 6.61 Å². The van der Waals surface area contributed by atoms with Crippen molar-refractivity contribution in [2.24, 2.45) is 0 Å². The first kappa shape index (κ1) is 8.97. The maximum absolute atomic E-state index is 9.54. The fourth-order valence-corrected chi connectivity index (χ4v) is 1.04. The van der Waals surface area contributed by atoms with Gasteiger partial charge in [0.25, 0.3) is 0 Å². The Hall–Kier alpha value is -0.120. The van der Waals surface area contributed by atoms with Crippen LogP contribution >= 0.6 is 0 Å². The Labute approximate surface area is 67.3 Å². The molecule has 1 aliphatic heterocycles. The average molecular weight is 160 g/mol. The minimum Gasteiger partial charge on any atom is -0.388 e. The van der Waals surface area contributed by atoms with E-state index in [-0.39, 0.29) is 6.10 Å². The normalized spacial score (nSPS) is 30.8. The van der Waals surface area contributed by atoms with Crippen molar-refractivity contribution in [2.45, 2.75) is 45.2 Å². The van der Waals surface area contributed by atoms with Crippen LogP contribution in [-0.2, 0) is 9.47 Å². The van der Waals surface area contributed by atoms with Crippen molar-refractivity contribution < 1.29 is 14.6 Å². The third kappa shape index (κ3) is 2.15. The van der Waals surface area contributed by atoms with Gasteiger partial charge in [-0.15, -0.1) is 0 Å². The lowest BCUT2D eigenvalue weighted by Crippen LogP contribution is -2.38. The van der Waals surface area contributed by atoms with Gasteiger partial charge in [-0.05, 0) is 27.7 Å². The summed E-state index contributed by atoms with van der Waals surface area (Å²) in [5.41, 5.74) is -0.812. The minimum atomic E-state index is -0.812. The summed E-state index contributed by atoms with van der Waals surface area (Å²) in [6.45, 7) is 7.61. The maximum atomic E-state index is 9.54. The lowest BCUT2D eigenvalue weighted by molar-refractivity contribution is -0.163. The SMILES string of the molecule is CC1(C)OCC(C(C)(C)O)O1. The second-order valence-corrected chi connectivity index (χ2v) is 3.97. The molecule has 1 rings (SSSR count). The largest absolute Gasteiger partial charge is 0.388 e. The summed E-state index contributed by atoms with van der Waals surface area (Å²) < 4.78 is 10.7. The highest BCUT2D eigenvalue weighted by molar-refractivity contribution is 4.83. The van der Waals surface area contributed by atoms with E-state index in [0.29, 0.717) is 6.61 Å². The van der Waals surface area contributed by atoms with Gasteiger partial charge in [-0.1, -0.05) is 0 Å². The molecule has 0 aliphatic carbocycles. The molecule has 0 spiro atoms. The fraction of sp³-hybridized carbons (Fsp3) is 1.00. The lowest BCUT2D eigenvalue weighted by Gasteiger charge is -2.25. The molecule has 11 heavy (non-hydrogen) atoms. The van der Waals surface area contributed by atoms with Gasteiger partial charge in [-0.3, -0.25) is 0 Å². The summed E-state index contributed by atoms with van der Waals surface area (Å²) in [7, 11) is 0. The van der Waals surface area contributed by atoms with Crippen molar-refractivity contribution in [1.82, 2.24) is 0 Å². The van der Waals surface area contributed by atoms with Gasteiger partial charge in [0.2, 0.25) is 0 Å². The number of hydrogen-bond acceptors (Lipinski definition) is 3. The summed E-state index contributed by atoms with van der Waals surface area (Å²) in [5, 5.41) is 9.54. The van der Waals surface area contributed by atoms with Crippen LogP contribution in [0, 0.1) is 0 Å². The molecule has 0 radical (unpaired) electrons. The highest BCUT2D eigenvalue weighted by atomic mass is 16.7. The summed E-state index contributed by atoms with van der Waals surface area (Å²) in [4.78, 5) is 0. The molecule has 66 valence electrons. The van der Waals surface area contributed by atoms with E-state index in [0.717, 1.165) is 0 Å². The Morgan fingerprint density at radius 1 is 1.45 bits per heavy atom. The molecule has 1 N–H and O–H groups in total. The number of ether oxygens (including phenoxy) is 2. The quantitative estimate of drug-likeness (QED) is 0.619. The van der Waals surface area contributed by atoms with Crippen LogP contribution in [0.2, 0.25) is 0 Å². The van der Waals surface area contributed by atoms with Gasteiger partial charge in [0.1, 0.15) is 6.10 Å². The Bertz CT molecular complexity index is 146. The lowest BCUT2D eigenvalue weighted by atomic mass is 10.0. The molecule has 0 aromatic rings. The molecule has 1 atom stereocenters. The Kier molecular flexibility index (Phi) is 1.99. The molecule has 1 heterocycles. The monoisotopic (exact) mass is 160 g/mol. The first-order valence-electron chi connectivity index (χ1n) is 3.85. The van der Waals surface area contributed by atoms with E-state index < -0.39 is 11.4 Å². The van der Waals surface area contributed by atoms with Crippen molar-refractivity contribution in [3.8, 4) is 0 Å². The fourth-order valence-electron chi connectivity index (χ4n) is 1.04. The topological polar surface area (TPSA) is 38.7 Å². The van der Waals surface area contributed by atoms with E-state index in [1.165, 1.54) is 0 Å². The van der Waals surface area contributed by atoms with Crippen LogP contribution in [0.3, 0.4) is 0 Å². The van der Waals surface area contributed by atoms with Crippen LogP contribution in [-0.4, -0.2) is 29.2 Å². The van der Waals surface area contributed by atoms with Crippen LogP contribution in [0.5, 0.6) is 0 Å². The van der Waals surface area contributed by atoms with Crippen molar-refractivity contribution in [3.63, 3.8) is 0 Å². The van der Waals surface area contributed by atoms with Crippen LogP contribution in [0.15, 0.2) is 0 Å². The summed E-state index contributed by atoms with van der Waals surface area (Å²) in [6.07, 6.45) is -0.211. The molecule has 0 saturated carbocycles. The van der Waals surface area contributed by atoms with Crippen LogP contribution < -0.4 is 0 Å². The molecule has 1 unspecified atom stereocenters. The van der Waals surface area contributed by atoms with Gasteiger partial charge in [0.05, 0.1) is 12.2 Å². The smallest absolute Gasteiger partial charge is 0.163 e. The van der Waals surface area contributed by atoms with Gasteiger partial charge < -0.3 is 14.6 Å². The van der Waals surface area contributed by atoms with E-state index in [2.05, 4.69) is 0 Å². The molecule has 3 heteroatoms. The molecule has 0 aromatic carbocycles.